The fourth-order valence-electron chi connectivity index (χ4n) is 4.21. The van der Waals surface area contributed by atoms with Crippen LogP contribution in [0.2, 0.25) is 0 Å². The van der Waals surface area contributed by atoms with Gasteiger partial charge in [-0.05, 0) is 65.7 Å². The summed E-state index contributed by atoms with van der Waals surface area (Å²) in [6, 6.07) is 22.3. The summed E-state index contributed by atoms with van der Waals surface area (Å²) in [5, 5.41) is 0. The number of H-pyrrole nitrogens is 2. The number of hydrogen-bond donors (Lipinski definition) is 2. The molecule has 7 nitrogen and oxygen atoms in total. The Morgan fingerprint density at radius 2 is 1.18 bits per heavy atom. The first-order valence-corrected chi connectivity index (χ1v) is 10.6. The number of benzene rings is 3. The topological polar surface area (TPSA) is 88.7 Å². The molecule has 158 valence electrons. The molecule has 1 aliphatic rings. The Morgan fingerprint density at radius 3 is 1.88 bits per heavy atom. The molecule has 4 heterocycles. The smallest absolute Gasteiger partial charge is 0.231 e. The van der Waals surface area contributed by atoms with E-state index in [2.05, 4.69) is 39.2 Å². The van der Waals surface area contributed by atoms with E-state index < -0.39 is 0 Å². The van der Waals surface area contributed by atoms with E-state index >= 15 is 0 Å². The third kappa shape index (κ3) is 3.02. The Bertz CT molecular complexity index is 1650. The van der Waals surface area contributed by atoms with Gasteiger partial charge >= 0.3 is 0 Å². The minimum absolute atomic E-state index is 0.257. The number of nitrogens with one attached hydrogen (secondary N) is 2. The molecule has 0 fully saturated rings. The molecular weight excluding hydrogens is 414 g/mol. The van der Waals surface area contributed by atoms with Crippen molar-refractivity contribution in [1.29, 1.82) is 0 Å². The van der Waals surface area contributed by atoms with Crippen LogP contribution in [0.25, 0.3) is 56.0 Å². The maximum Gasteiger partial charge on any atom is 0.231 e. The Morgan fingerprint density at radius 1 is 0.576 bits per heavy atom. The van der Waals surface area contributed by atoms with Gasteiger partial charge in [0.05, 0.1) is 22.1 Å². The molecule has 0 atom stereocenters. The third-order valence-electron chi connectivity index (χ3n) is 5.90. The molecule has 0 unspecified atom stereocenters. The van der Waals surface area contributed by atoms with Gasteiger partial charge in [0.25, 0.3) is 0 Å². The number of rotatable bonds is 3. The molecule has 0 bridgehead atoms. The first-order valence-electron chi connectivity index (χ1n) is 10.6. The molecule has 7 rings (SSSR count). The van der Waals surface area contributed by atoms with Crippen LogP contribution in [0.15, 0.2) is 79.1 Å². The summed E-state index contributed by atoms with van der Waals surface area (Å²) in [5.41, 5.74) is 7.98. The van der Waals surface area contributed by atoms with Crippen LogP contribution in [0.4, 0.5) is 0 Å². The summed E-state index contributed by atoms with van der Waals surface area (Å²) in [5.74, 6) is 3.14. The van der Waals surface area contributed by atoms with Crippen molar-refractivity contribution in [3.63, 3.8) is 0 Å². The first-order chi connectivity index (χ1) is 16.3. The van der Waals surface area contributed by atoms with Gasteiger partial charge in [-0.25, -0.2) is 9.97 Å². The standard InChI is InChI=1S/C26H17N5O2/c1-4-19-21(30-25(28-19)15-7-9-27-10-8-15)11-16(1)17-2-5-20-22(12-17)31-26(29-20)18-3-6-23-24(13-18)33-14-32-23/h1-13H,14H2,(H,28,30)(H,29,31). The van der Waals surface area contributed by atoms with Gasteiger partial charge in [0.1, 0.15) is 11.6 Å². The Hall–Kier alpha value is -4.65. The summed E-state index contributed by atoms with van der Waals surface area (Å²) in [6.07, 6.45) is 3.54. The van der Waals surface area contributed by atoms with E-state index in [1.54, 1.807) is 12.4 Å². The fraction of sp³-hybridized carbons (Fsp3) is 0.0385. The second kappa shape index (κ2) is 6.93. The Balaban J connectivity index is 1.26. The van der Waals surface area contributed by atoms with Gasteiger partial charge < -0.3 is 19.4 Å². The molecule has 0 saturated carbocycles. The maximum absolute atomic E-state index is 5.50. The molecule has 0 radical (unpaired) electrons. The Kier molecular flexibility index (Phi) is 3.77. The Labute approximate surface area is 188 Å². The van der Waals surface area contributed by atoms with Gasteiger partial charge in [-0.3, -0.25) is 4.98 Å². The quantitative estimate of drug-likeness (QED) is 0.383. The number of fused-ring (bicyclic) bond motifs is 3. The number of pyridine rings is 1. The van der Waals surface area contributed by atoms with Crippen molar-refractivity contribution in [3.05, 3.63) is 79.1 Å². The van der Waals surface area contributed by atoms with E-state index in [-0.39, 0.29) is 6.79 Å². The highest BCUT2D eigenvalue weighted by atomic mass is 16.7. The molecule has 0 spiro atoms. The molecule has 1 aliphatic heterocycles. The normalized spacial score (nSPS) is 12.6. The van der Waals surface area contributed by atoms with Crippen molar-refractivity contribution < 1.29 is 9.47 Å². The highest BCUT2D eigenvalue weighted by Crippen LogP contribution is 2.36. The molecular formula is C26H17N5O2. The van der Waals surface area contributed by atoms with E-state index in [1.807, 2.05) is 42.5 Å². The summed E-state index contributed by atoms with van der Waals surface area (Å²) in [6.45, 7) is 0.257. The molecule has 2 N–H and O–H groups in total. The number of nitrogens with zero attached hydrogens (tertiary/aromatic N) is 3. The summed E-state index contributed by atoms with van der Waals surface area (Å²) in [4.78, 5) is 20.4. The highest BCUT2D eigenvalue weighted by molar-refractivity contribution is 5.88. The van der Waals surface area contributed by atoms with E-state index in [9.17, 15) is 0 Å². The SMILES string of the molecule is c1cc(-c2nc3ccc(-c4ccc5nc(-c6ccc7c(c6)OCO7)[nH]c5c4)cc3[nH]2)ccn1. The molecule has 0 saturated heterocycles. The van der Waals surface area contributed by atoms with Gasteiger partial charge in [0, 0.05) is 23.5 Å². The zero-order valence-electron chi connectivity index (χ0n) is 17.4. The second-order valence-electron chi connectivity index (χ2n) is 7.94. The third-order valence-corrected chi connectivity index (χ3v) is 5.90. The predicted octanol–water partition coefficient (Wildman–Crippen LogP) is 5.56. The predicted molar refractivity (Wildman–Crippen MR) is 126 cm³/mol. The lowest BCUT2D eigenvalue weighted by molar-refractivity contribution is 0.174. The van der Waals surface area contributed by atoms with Gasteiger partial charge in [-0.15, -0.1) is 0 Å². The molecule has 33 heavy (non-hydrogen) atoms. The molecule has 3 aromatic heterocycles. The molecule has 0 amide bonds. The van der Waals surface area contributed by atoms with E-state index in [0.717, 1.165) is 67.5 Å². The van der Waals surface area contributed by atoms with Gasteiger partial charge in [0.2, 0.25) is 6.79 Å². The number of aromatic nitrogens is 5. The van der Waals surface area contributed by atoms with Crippen LogP contribution in [0, 0.1) is 0 Å². The molecule has 7 heteroatoms. The lowest BCUT2D eigenvalue weighted by Gasteiger charge is -2.01. The highest BCUT2D eigenvalue weighted by Gasteiger charge is 2.16. The van der Waals surface area contributed by atoms with Crippen LogP contribution in [0.3, 0.4) is 0 Å². The van der Waals surface area contributed by atoms with Crippen molar-refractivity contribution >= 4 is 22.1 Å². The monoisotopic (exact) mass is 431 g/mol. The van der Waals surface area contributed by atoms with Crippen LogP contribution in [0.5, 0.6) is 11.5 Å². The van der Waals surface area contributed by atoms with Gasteiger partial charge in [-0.2, -0.15) is 0 Å². The van der Waals surface area contributed by atoms with Crippen molar-refractivity contribution in [3.8, 4) is 45.4 Å². The summed E-state index contributed by atoms with van der Waals surface area (Å²) >= 11 is 0. The van der Waals surface area contributed by atoms with Crippen LogP contribution in [-0.2, 0) is 0 Å². The van der Waals surface area contributed by atoms with Crippen molar-refractivity contribution in [2.24, 2.45) is 0 Å². The van der Waals surface area contributed by atoms with Crippen LogP contribution >= 0.6 is 0 Å². The lowest BCUT2D eigenvalue weighted by atomic mass is 10.0. The molecule has 3 aromatic carbocycles. The second-order valence-corrected chi connectivity index (χ2v) is 7.94. The van der Waals surface area contributed by atoms with Crippen LogP contribution in [0.1, 0.15) is 0 Å². The van der Waals surface area contributed by atoms with Gasteiger partial charge in [0.15, 0.2) is 11.5 Å². The maximum atomic E-state index is 5.50. The average molecular weight is 431 g/mol. The molecule has 6 aromatic rings. The van der Waals surface area contributed by atoms with Gasteiger partial charge in [-0.1, -0.05) is 12.1 Å². The van der Waals surface area contributed by atoms with Crippen molar-refractivity contribution in [1.82, 2.24) is 24.9 Å². The van der Waals surface area contributed by atoms with Crippen molar-refractivity contribution in [2.75, 3.05) is 6.79 Å². The minimum atomic E-state index is 0.257. The number of hydrogen-bond acceptors (Lipinski definition) is 5. The number of imidazole rings is 2. The molecule has 0 aliphatic carbocycles. The van der Waals surface area contributed by atoms with Crippen LogP contribution < -0.4 is 9.47 Å². The van der Waals surface area contributed by atoms with Crippen LogP contribution in [-0.4, -0.2) is 31.7 Å². The number of aromatic amines is 2. The first kappa shape index (κ1) is 18.0. The van der Waals surface area contributed by atoms with Crippen molar-refractivity contribution in [2.45, 2.75) is 0 Å². The lowest BCUT2D eigenvalue weighted by Crippen LogP contribution is -1.92. The summed E-state index contributed by atoms with van der Waals surface area (Å²) in [7, 11) is 0. The van der Waals surface area contributed by atoms with E-state index in [0.29, 0.717) is 0 Å². The zero-order chi connectivity index (χ0) is 21.8. The van der Waals surface area contributed by atoms with E-state index in [1.165, 1.54) is 0 Å². The minimum Gasteiger partial charge on any atom is -0.454 e. The number of ether oxygens (including phenoxy) is 2. The fourth-order valence-corrected chi connectivity index (χ4v) is 4.21. The summed E-state index contributed by atoms with van der Waals surface area (Å²) < 4.78 is 10.9. The average Bonchev–Trinajstić information content (AvgIpc) is 3.60. The largest absolute Gasteiger partial charge is 0.454 e. The zero-order valence-corrected chi connectivity index (χ0v) is 17.4. The van der Waals surface area contributed by atoms with E-state index in [4.69, 9.17) is 19.4 Å².